The molecule has 8 nitrogen and oxygen atoms in total. The van der Waals surface area contributed by atoms with Crippen molar-refractivity contribution in [3.63, 3.8) is 0 Å². The summed E-state index contributed by atoms with van der Waals surface area (Å²) in [6.45, 7) is 0. The molecule has 4 unspecified atom stereocenters. The molecular formula is C24H22N2O6. The molecule has 2 aromatic rings. The third-order valence-corrected chi connectivity index (χ3v) is 5.98. The number of carbonyl (C=O) groups excluding carboxylic acids is 4. The van der Waals surface area contributed by atoms with Crippen LogP contribution >= 0.6 is 0 Å². The molecule has 0 aromatic heterocycles. The van der Waals surface area contributed by atoms with Gasteiger partial charge < -0.3 is 20.9 Å². The van der Waals surface area contributed by atoms with Gasteiger partial charge in [-0.05, 0) is 11.1 Å². The summed E-state index contributed by atoms with van der Waals surface area (Å²) in [4.78, 5) is 48.5. The fourth-order valence-corrected chi connectivity index (χ4v) is 4.07. The van der Waals surface area contributed by atoms with Crippen LogP contribution in [0.2, 0.25) is 0 Å². The van der Waals surface area contributed by atoms with Gasteiger partial charge in [-0.3, -0.25) is 9.59 Å². The smallest absolute Gasteiger partial charge is 0.332 e. The molecule has 4 rings (SSSR count). The summed E-state index contributed by atoms with van der Waals surface area (Å²) in [5, 5.41) is 0. The number of carbonyl (C=O) groups is 4. The average Bonchev–Trinajstić information content (AvgIpc) is 3.69. The van der Waals surface area contributed by atoms with E-state index in [4.69, 9.17) is 20.9 Å². The summed E-state index contributed by atoms with van der Waals surface area (Å²) in [5.41, 5.74) is 9.71. The number of hydrogen-bond donors (Lipinski definition) is 2. The Labute approximate surface area is 184 Å². The Morgan fingerprint density at radius 3 is 1.34 bits per heavy atom. The van der Waals surface area contributed by atoms with Crippen molar-refractivity contribution in [3.8, 4) is 0 Å². The maximum absolute atomic E-state index is 12.3. The van der Waals surface area contributed by atoms with Crippen molar-refractivity contribution >= 4 is 23.8 Å². The van der Waals surface area contributed by atoms with Gasteiger partial charge in [0.05, 0.1) is 0 Å². The zero-order chi connectivity index (χ0) is 22.9. The molecule has 0 spiro atoms. The van der Waals surface area contributed by atoms with Gasteiger partial charge in [-0.15, -0.1) is 0 Å². The lowest BCUT2D eigenvalue weighted by Gasteiger charge is -2.15. The molecule has 0 heterocycles. The van der Waals surface area contributed by atoms with E-state index < -0.39 is 35.0 Å². The van der Waals surface area contributed by atoms with Crippen LogP contribution in [0.15, 0.2) is 72.8 Å². The Bertz CT molecular complexity index is 1010. The van der Waals surface area contributed by atoms with Crippen molar-refractivity contribution < 1.29 is 28.7 Å². The van der Waals surface area contributed by atoms with Gasteiger partial charge in [-0.1, -0.05) is 60.7 Å². The van der Waals surface area contributed by atoms with Crippen LogP contribution < -0.4 is 11.5 Å². The SMILES string of the molecule is NC(=O)C1(OC(=O)/C=C\C(=O)OC2(C(N)=O)CC2c2ccccc2)CC1c1ccccc1. The largest absolute Gasteiger partial charge is 0.445 e. The number of ether oxygens (including phenoxy) is 2. The highest BCUT2D eigenvalue weighted by atomic mass is 16.6. The van der Waals surface area contributed by atoms with Crippen LogP contribution in [-0.2, 0) is 28.7 Å². The minimum absolute atomic E-state index is 0.264. The highest BCUT2D eigenvalue weighted by molar-refractivity contribution is 5.98. The summed E-state index contributed by atoms with van der Waals surface area (Å²) in [5.74, 6) is -4.03. The molecule has 4 N–H and O–H groups in total. The fraction of sp³-hybridized carbons (Fsp3) is 0.250. The number of benzene rings is 2. The zero-order valence-corrected chi connectivity index (χ0v) is 17.1. The topological polar surface area (TPSA) is 139 Å². The van der Waals surface area contributed by atoms with Gasteiger partial charge in [0.2, 0.25) is 0 Å². The molecule has 2 saturated carbocycles. The van der Waals surface area contributed by atoms with Crippen LogP contribution in [0.4, 0.5) is 0 Å². The second kappa shape index (κ2) is 7.96. The third-order valence-electron chi connectivity index (χ3n) is 5.98. The number of hydrogen-bond acceptors (Lipinski definition) is 6. The second-order valence-corrected chi connectivity index (χ2v) is 8.02. The first-order chi connectivity index (χ1) is 15.3. The Morgan fingerprint density at radius 1 is 0.688 bits per heavy atom. The molecule has 32 heavy (non-hydrogen) atoms. The van der Waals surface area contributed by atoms with E-state index in [1.165, 1.54) is 0 Å². The highest BCUT2D eigenvalue weighted by Gasteiger charge is 2.64. The predicted octanol–water partition coefficient (Wildman–Crippen LogP) is 1.45. The van der Waals surface area contributed by atoms with Gasteiger partial charge in [-0.2, -0.15) is 0 Å². The lowest BCUT2D eigenvalue weighted by molar-refractivity contribution is -0.154. The molecule has 0 bridgehead atoms. The molecule has 4 atom stereocenters. The lowest BCUT2D eigenvalue weighted by atomic mass is 10.1. The highest BCUT2D eigenvalue weighted by Crippen LogP contribution is 2.55. The molecule has 2 aliphatic carbocycles. The minimum atomic E-state index is -1.45. The van der Waals surface area contributed by atoms with Crippen molar-refractivity contribution in [3.05, 3.63) is 83.9 Å². The molecule has 0 aliphatic heterocycles. The van der Waals surface area contributed by atoms with E-state index in [1.54, 1.807) is 0 Å². The summed E-state index contributed by atoms with van der Waals surface area (Å²) in [6.07, 6.45) is 2.23. The Morgan fingerprint density at radius 2 is 1.03 bits per heavy atom. The number of amides is 2. The number of rotatable bonds is 8. The van der Waals surface area contributed by atoms with Gasteiger partial charge in [0.25, 0.3) is 11.8 Å². The quantitative estimate of drug-likeness (QED) is 0.476. The zero-order valence-electron chi connectivity index (χ0n) is 17.1. The van der Waals surface area contributed by atoms with E-state index in [0.29, 0.717) is 0 Å². The van der Waals surface area contributed by atoms with Crippen LogP contribution in [0.25, 0.3) is 0 Å². The summed E-state index contributed by atoms with van der Waals surface area (Å²) < 4.78 is 10.6. The predicted molar refractivity (Wildman–Crippen MR) is 113 cm³/mol. The Hall–Kier alpha value is -3.94. The first kappa shape index (κ1) is 21.3. The number of primary amides is 2. The van der Waals surface area contributed by atoms with E-state index in [1.807, 2.05) is 60.7 Å². The molecule has 2 fully saturated rings. The third kappa shape index (κ3) is 3.87. The van der Waals surface area contributed by atoms with Crippen LogP contribution in [-0.4, -0.2) is 35.0 Å². The van der Waals surface area contributed by atoms with Crippen LogP contribution in [0, 0.1) is 0 Å². The van der Waals surface area contributed by atoms with Gasteiger partial charge in [0.15, 0.2) is 11.2 Å². The average molecular weight is 434 g/mol. The molecule has 0 radical (unpaired) electrons. The molecule has 0 saturated heterocycles. The van der Waals surface area contributed by atoms with E-state index in [0.717, 1.165) is 23.3 Å². The van der Waals surface area contributed by atoms with E-state index in [-0.39, 0.29) is 24.7 Å². The van der Waals surface area contributed by atoms with Crippen molar-refractivity contribution in [2.24, 2.45) is 11.5 Å². The van der Waals surface area contributed by atoms with Gasteiger partial charge in [-0.25, -0.2) is 9.59 Å². The van der Waals surface area contributed by atoms with E-state index >= 15 is 0 Å². The van der Waals surface area contributed by atoms with Crippen LogP contribution in [0.1, 0.15) is 35.8 Å². The van der Waals surface area contributed by atoms with E-state index in [9.17, 15) is 19.2 Å². The summed E-state index contributed by atoms with van der Waals surface area (Å²) in [6, 6.07) is 18.2. The molecule has 2 aliphatic rings. The minimum Gasteiger partial charge on any atom is -0.445 e. The first-order valence-electron chi connectivity index (χ1n) is 10.1. The molecule has 8 heteroatoms. The number of nitrogens with two attached hydrogens (primary N) is 2. The van der Waals surface area contributed by atoms with Crippen molar-refractivity contribution in [1.82, 2.24) is 0 Å². The molecule has 2 aromatic carbocycles. The number of esters is 2. The van der Waals surface area contributed by atoms with Crippen molar-refractivity contribution in [2.45, 2.75) is 35.9 Å². The normalized spacial score (nSPS) is 28.0. The molecule has 2 amide bonds. The summed E-state index contributed by atoms with van der Waals surface area (Å²) in [7, 11) is 0. The van der Waals surface area contributed by atoms with Crippen LogP contribution in [0.5, 0.6) is 0 Å². The van der Waals surface area contributed by atoms with Gasteiger partial charge in [0.1, 0.15) is 0 Å². The maximum Gasteiger partial charge on any atom is 0.332 e. The monoisotopic (exact) mass is 434 g/mol. The summed E-state index contributed by atoms with van der Waals surface area (Å²) >= 11 is 0. The first-order valence-corrected chi connectivity index (χ1v) is 10.1. The Balaban J connectivity index is 1.39. The van der Waals surface area contributed by atoms with Crippen LogP contribution in [0.3, 0.4) is 0 Å². The van der Waals surface area contributed by atoms with E-state index in [2.05, 4.69) is 0 Å². The second-order valence-electron chi connectivity index (χ2n) is 8.02. The standard InChI is InChI=1S/C24H22N2O6/c25-21(29)23(13-17(23)15-7-3-1-4-8-15)31-19(27)11-12-20(28)32-24(22(26)30)14-18(24)16-9-5-2-6-10-16/h1-12,17-18H,13-14H2,(H2,25,29)(H2,26,30)/b12-11-. The van der Waals surface area contributed by atoms with Gasteiger partial charge in [0, 0.05) is 36.8 Å². The fourth-order valence-electron chi connectivity index (χ4n) is 4.07. The maximum atomic E-state index is 12.3. The molecular weight excluding hydrogens is 412 g/mol. The van der Waals surface area contributed by atoms with Crippen molar-refractivity contribution in [2.75, 3.05) is 0 Å². The Kier molecular flexibility index (Phi) is 5.30. The lowest BCUT2D eigenvalue weighted by Crippen LogP contribution is -2.37. The molecule has 164 valence electrons. The van der Waals surface area contributed by atoms with Crippen molar-refractivity contribution in [1.29, 1.82) is 0 Å². The van der Waals surface area contributed by atoms with Gasteiger partial charge >= 0.3 is 11.9 Å².